The van der Waals surface area contributed by atoms with E-state index in [1.165, 1.54) is 12.3 Å². The van der Waals surface area contributed by atoms with Gasteiger partial charge in [-0.15, -0.1) is 0 Å². The molecular formula is C15H16Cl2N4O. The number of anilines is 2. The average molecular weight is 339 g/mol. The highest BCUT2D eigenvalue weighted by Gasteiger charge is 2.15. The molecule has 2 N–H and O–H groups in total. The Hall–Kier alpha value is -1.85. The monoisotopic (exact) mass is 338 g/mol. The highest BCUT2D eigenvalue weighted by atomic mass is 35.5. The number of para-hydroxylation sites is 1. The molecule has 0 spiro atoms. The highest BCUT2D eigenvalue weighted by molar-refractivity contribution is 6.39. The summed E-state index contributed by atoms with van der Waals surface area (Å²) in [6, 6.07) is 6.52. The predicted molar refractivity (Wildman–Crippen MR) is 89.8 cm³/mol. The minimum absolute atomic E-state index is 0.207. The maximum Gasteiger partial charge on any atom is 0.274 e. The first-order chi connectivity index (χ1) is 10.3. The lowest BCUT2D eigenvalue weighted by atomic mass is 10.1. The fraction of sp³-hybridized carbons (Fsp3) is 0.267. The smallest absolute Gasteiger partial charge is 0.274 e. The van der Waals surface area contributed by atoms with Crippen LogP contribution in [0.25, 0.3) is 0 Å². The molecule has 7 heteroatoms. The molecule has 0 saturated heterocycles. The van der Waals surface area contributed by atoms with E-state index in [4.69, 9.17) is 23.2 Å². The summed E-state index contributed by atoms with van der Waals surface area (Å²) in [4.78, 5) is 20.6. The number of aromatic nitrogens is 2. The zero-order valence-electron chi connectivity index (χ0n) is 12.4. The van der Waals surface area contributed by atoms with Gasteiger partial charge in [-0.3, -0.25) is 4.79 Å². The lowest BCUT2D eigenvalue weighted by Crippen LogP contribution is -2.28. The molecule has 0 aliphatic heterocycles. The Labute approximate surface area is 139 Å². The van der Waals surface area contributed by atoms with Crippen molar-refractivity contribution in [2.24, 2.45) is 0 Å². The molecule has 2 aromatic rings. The lowest BCUT2D eigenvalue weighted by Gasteiger charge is -2.20. The maximum absolute atomic E-state index is 12.3. The molecular weight excluding hydrogens is 323 g/mol. The van der Waals surface area contributed by atoms with Crippen LogP contribution in [0.2, 0.25) is 10.0 Å². The van der Waals surface area contributed by atoms with Gasteiger partial charge in [-0.25, -0.2) is 9.97 Å². The molecule has 1 aromatic heterocycles. The fourth-order valence-electron chi connectivity index (χ4n) is 1.68. The van der Waals surface area contributed by atoms with Gasteiger partial charge >= 0.3 is 0 Å². The second-order valence-electron chi connectivity index (χ2n) is 5.69. The molecule has 5 nitrogen and oxygen atoms in total. The minimum Gasteiger partial charge on any atom is -0.350 e. The first-order valence-corrected chi connectivity index (χ1v) is 7.38. The van der Waals surface area contributed by atoms with Crippen molar-refractivity contribution in [3.63, 3.8) is 0 Å². The van der Waals surface area contributed by atoms with Gasteiger partial charge in [0, 0.05) is 11.7 Å². The molecule has 0 unspecified atom stereocenters. The van der Waals surface area contributed by atoms with Crippen LogP contribution in [0.3, 0.4) is 0 Å². The zero-order valence-corrected chi connectivity index (χ0v) is 14.0. The molecule has 2 rings (SSSR count). The van der Waals surface area contributed by atoms with E-state index in [2.05, 4.69) is 20.6 Å². The normalized spacial score (nSPS) is 11.1. The second-order valence-corrected chi connectivity index (χ2v) is 6.51. The van der Waals surface area contributed by atoms with E-state index < -0.39 is 5.91 Å². The molecule has 1 amide bonds. The fourth-order valence-corrected chi connectivity index (χ4v) is 2.17. The number of hydrogen-bond acceptors (Lipinski definition) is 4. The Morgan fingerprint density at radius 1 is 1.14 bits per heavy atom. The van der Waals surface area contributed by atoms with Crippen LogP contribution < -0.4 is 10.6 Å². The van der Waals surface area contributed by atoms with Crippen molar-refractivity contribution in [3.8, 4) is 0 Å². The number of carbonyl (C=O) groups is 1. The number of nitrogens with zero attached hydrogens (tertiary/aromatic N) is 2. The predicted octanol–water partition coefficient (Wildman–Crippen LogP) is 4.25. The molecule has 0 bridgehead atoms. The van der Waals surface area contributed by atoms with Crippen LogP contribution in [0.4, 0.5) is 11.6 Å². The summed E-state index contributed by atoms with van der Waals surface area (Å²) in [7, 11) is 0. The van der Waals surface area contributed by atoms with Crippen molar-refractivity contribution in [1.82, 2.24) is 9.97 Å². The van der Waals surface area contributed by atoms with E-state index >= 15 is 0 Å². The number of carbonyl (C=O) groups excluding carboxylic acids is 1. The first-order valence-electron chi connectivity index (χ1n) is 6.63. The molecule has 22 heavy (non-hydrogen) atoms. The van der Waals surface area contributed by atoms with E-state index in [9.17, 15) is 4.79 Å². The van der Waals surface area contributed by atoms with Crippen LogP contribution in [0, 0.1) is 0 Å². The molecule has 0 radical (unpaired) electrons. The number of halogens is 2. The Morgan fingerprint density at radius 3 is 2.36 bits per heavy atom. The zero-order chi connectivity index (χ0) is 16.3. The van der Waals surface area contributed by atoms with Crippen molar-refractivity contribution >= 4 is 40.7 Å². The first kappa shape index (κ1) is 16.5. The number of nitrogens with one attached hydrogen (secondary N) is 2. The van der Waals surface area contributed by atoms with Gasteiger partial charge in [0.15, 0.2) is 0 Å². The van der Waals surface area contributed by atoms with Gasteiger partial charge in [0.05, 0.1) is 15.7 Å². The van der Waals surface area contributed by atoms with Crippen LogP contribution in [-0.4, -0.2) is 21.4 Å². The number of hydrogen-bond donors (Lipinski definition) is 2. The van der Waals surface area contributed by atoms with Crippen LogP contribution >= 0.6 is 23.2 Å². The number of benzene rings is 1. The van der Waals surface area contributed by atoms with Gasteiger partial charge in [0.1, 0.15) is 5.69 Å². The summed E-state index contributed by atoms with van der Waals surface area (Å²) in [5, 5.41) is 6.50. The van der Waals surface area contributed by atoms with E-state index in [0.29, 0.717) is 21.7 Å². The quantitative estimate of drug-likeness (QED) is 0.877. The minimum atomic E-state index is -0.408. The van der Waals surface area contributed by atoms with Gasteiger partial charge in [-0.2, -0.15) is 0 Å². The van der Waals surface area contributed by atoms with Crippen LogP contribution in [0.5, 0.6) is 0 Å². The van der Waals surface area contributed by atoms with Crippen molar-refractivity contribution in [2.45, 2.75) is 26.3 Å². The molecule has 0 saturated carbocycles. The van der Waals surface area contributed by atoms with E-state index in [1.54, 1.807) is 18.2 Å². The Bertz CT molecular complexity index is 678. The van der Waals surface area contributed by atoms with Crippen molar-refractivity contribution in [1.29, 1.82) is 0 Å². The summed E-state index contributed by atoms with van der Waals surface area (Å²) in [6.45, 7) is 5.94. The SMILES string of the molecule is CC(C)(C)Nc1nccc(C(=O)Nc2c(Cl)cccc2Cl)n1. The van der Waals surface area contributed by atoms with Gasteiger partial charge in [0.2, 0.25) is 5.95 Å². The van der Waals surface area contributed by atoms with E-state index in [1.807, 2.05) is 20.8 Å². The summed E-state index contributed by atoms with van der Waals surface area (Å²) in [5.74, 6) is -0.0280. The molecule has 1 heterocycles. The van der Waals surface area contributed by atoms with Gasteiger partial charge in [-0.1, -0.05) is 29.3 Å². The van der Waals surface area contributed by atoms with Crippen molar-refractivity contribution in [2.75, 3.05) is 10.6 Å². The molecule has 1 aromatic carbocycles. The largest absolute Gasteiger partial charge is 0.350 e. The standard InChI is InChI=1S/C15H16Cl2N4O/c1-15(2,3)21-14-18-8-7-11(19-14)13(22)20-12-9(16)5-4-6-10(12)17/h4-8H,1-3H3,(H,20,22)(H,18,19,21). The molecule has 0 aliphatic rings. The third-order valence-electron chi connectivity index (χ3n) is 2.58. The molecule has 0 atom stereocenters. The number of amides is 1. The molecule has 0 aliphatic carbocycles. The molecule has 116 valence electrons. The van der Waals surface area contributed by atoms with Gasteiger partial charge < -0.3 is 10.6 Å². The van der Waals surface area contributed by atoms with E-state index in [-0.39, 0.29) is 11.2 Å². The third-order valence-corrected chi connectivity index (χ3v) is 3.21. The summed E-state index contributed by atoms with van der Waals surface area (Å²) >= 11 is 12.1. The second kappa shape index (κ2) is 6.50. The van der Waals surface area contributed by atoms with E-state index in [0.717, 1.165) is 0 Å². The molecule has 0 fully saturated rings. The third kappa shape index (κ3) is 4.32. The topological polar surface area (TPSA) is 66.9 Å². The van der Waals surface area contributed by atoms with Crippen molar-refractivity contribution in [3.05, 3.63) is 46.2 Å². The van der Waals surface area contributed by atoms with Gasteiger partial charge in [-0.05, 0) is 39.0 Å². The van der Waals surface area contributed by atoms with Crippen LogP contribution in [-0.2, 0) is 0 Å². The van der Waals surface area contributed by atoms with Crippen LogP contribution in [0.15, 0.2) is 30.5 Å². The van der Waals surface area contributed by atoms with Crippen molar-refractivity contribution < 1.29 is 4.79 Å². The number of rotatable bonds is 3. The van der Waals surface area contributed by atoms with Gasteiger partial charge in [0.25, 0.3) is 5.91 Å². The Balaban J connectivity index is 2.22. The maximum atomic E-state index is 12.3. The summed E-state index contributed by atoms with van der Waals surface area (Å²) in [5.41, 5.74) is 0.374. The summed E-state index contributed by atoms with van der Waals surface area (Å²) in [6.07, 6.45) is 1.52. The lowest BCUT2D eigenvalue weighted by molar-refractivity contribution is 0.102. The highest BCUT2D eigenvalue weighted by Crippen LogP contribution is 2.30. The summed E-state index contributed by atoms with van der Waals surface area (Å²) < 4.78 is 0. The Kier molecular flexibility index (Phi) is 4.88. The Morgan fingerprint density at radius 2 is 1.77 bits per heavy atom. The van der Waals surface area contributed by atoms with Crippen LogP contribution in [0.1, 0.15) is 31.3 Å². The average Bonchev–Trinajstić information content (AvgIpc) is 2.41.